The van der Waals surface area contributed by atoms with Crippen LogP contribution < -0.4 is 10.1 Å². The molecule has 2 rings (SSSR count). The van der Waals surface area contributed by atoms with Crippen molar-refractivity contribution in [1.82, 2.24) is 5.32 Å². The lowest BCUT2D eigenvalue weighted by Crippen LogP contribution is -2.22. The lowest BCUT2D eigenvalue weighted by Gasteiger charge is -2.04. The first kappa shape index (κ1) is 13.6. The van der Waals surface area contributed by atoms with Gasteiger partial charge in [-0.15, -0.1) is 0 Å². The van der Waals surface area contributed by atoms with Crippen LogP contribution in [0.3, 0.4) is 0 Å². The van der Waals surface area contributed by atoms with Gasteiger partial charge >= 0.3 is 5.88 Å². The molecule has 104 valence electrons. The zero-order valence-corrected chi connectivity index (χ0v) is 10.7. The van der Waals surface area contributed by atoms with E-state index in [1.807, 2.05) is 12.1 Å². The minimum absolute atomic E-state index is 0.0924. The van der Waals surface area contributed by atoms with Crippen LogP contribution in [-0.2, 0) is 6.54 Å². The standard InChI is InChI=1S/C13H12N2O5/c1-19-10-4-2-9(3-5-10)8-14-13(16)11-6-7-12(20-11)15(17)18/h2-7H,8H2,1H3,(H,14,16). The molecule has 20 heavy (non-hydrogen) atoms. The second-order valence-corrected chi connectivity index (χ2v) is 3.93. The molecule has 7 heteroatoms. The lowest BCUT2D eigenvalue weighted by molar-refractivity contribution is -0.402. The topological polar surface area (TPSA) is 94.6 Å². The Labute approximate surface area is 114 Å². The number of furan rings is 1. The van der Waals surface area contributed by atoms with Crippen molar-refractivity contribution in [2.45, 2.75) is 6.54 Å². The largest absolute Gasteiger partial charge is 0.497 e. The maximum absolute atomic E-state index is 11.7. The van der Waals surface area contributed by atoms with Gasteiger partial charge in [-0.3, -0.25) is 14.9 Å². The molecule has 0 fully saturated rings. The van der Waals surface area contributed by atoms with Gasteiger partial charge in [0.15, 0.2) is 5.76 Å². The number of hydrogen-bond donors (Lipinski definition) is 1. The van der Waals surface area contributed by atoms with E-state index in [4.69, 9.17) is 9.15 Å². The number of hydrogen-bond acceptors (Lipinski definition) is 5. The summed E-state index contributed by atoms with van der Waals surface area (Å²) in [5.74, 6) is -0.333. The summed E-state index contributed by atoms with van der Waals surface area (Å²) in [5.41, 5.74) is 0.875. The van der Waals surface area contributed by atoms with Crippen molar-refractivity contribution in [3.05, 3.63) is 57.8 Å². The van der Waals surface area contributed by atoms with Crippen LogP contribution in [0.4, 0.5) is 5.88 Å². The summed E-state index contributed by atoms with van der Waals surface area (Å²) >= 11 is 0. The number of nitrogens with zero attached hydrogens (tertiary/aromatic N) is 1. The van der Waals surface area contributed by atoms with E-state index in [1.54, 1.807) is 19.2 Å². The minimum atomic E-state index is -0.694. The number of methoxy groups -OCH3 is 1. The highest BCUT2D eigenvalue weighted by Crippen LogP contribution is 2.16. The van der Waals surface area contributed by atoms with Crippen molar-refractivity contribution in [2.24, 2.45) is 0 Å². The zero-order chi connectivity index (χ0) is 14.5. The van der Waals surface area contributed by atoms with Gasteiger partial charge in [-0.05, 0) is 23.8 Å². The molecular formula is C13H12N2O5. The normalized spacial score (nSPS) is 10.1. The van der Waals surface area contributed by atoms with Gasteiger partial charge in [-0.25, -0.2) is 0 Å². The van der Waals surface area contributed by atoms with Crippen LogP contribution in [0.25, 0.3) is 0 Å². The van der Waals surface area contributed by atoms with Crippen LogP contribution in [0.5, 0.6) is 5.75 Å². The highest BCUT2D eigenvalue weighted by atomic mass is 16.6. The molecule has 1 heterocycles. The first-order valence-corrected chi connectivity index (χ1v) is 5.75. The quantitative estimate of drug-likeness (QED) is 0.666. The van der Waals surface area contributed by atoms with E-state index >= 15 is 0 Å². The van der Waals surface area contributed by atoms with E-state index < -0.39 is 16.7 Å². The highest BCUT2D eigenvalue weighted by Gasteiger charge is 2.16. The molecule has 0 aliphatic heterocycles. The third kappa shape index (κ3) is 3.14. The summed E-state index contributed by atoms with van der Waals surface area (Å²) in [4.78, 5) is 21.5. The summed E-state index contributed by atoms with van der Waals surface area (Å²) in [7, 11) is 1.57. The van der Waals surface area contributed by atoms with Crippen LogP contribution in [0.15, 0.2) is 40.8 Å². The van der Waals surface area contributed by atoms with Crippen molar-refractivity contribution < 1.29 is 18.9 Å². The zero-order valence-electron chi connectivity index (χ0n) is 10.7. The second-order valence-electron chi connectivity index (χ2n) is 3.93. The smallest absolute Gasteiger partial charge is 0.433 e. The molecule has 0 bridgehead atoms. The third-order valence-electron chi connectivity index (χ3n) is 2.61. The Kier molecular flexibility index (Phi) is 3.99. The number of nitro groups is 1. The second kappa shape index (κ2) is 5.87. The molecule has 0 radical (unpaired) electrons. The van der Waals surface area contributed by atoms with Crippen LogP contribution in [0.2, 0.25) is 0 Å². The van der Waals surface area contributed by atoms with E-state index in [9.17, 15) is 14.9 Å². The lowest BCUT2D eigenvalue weighted by atomic mass is 10.2. The molecule has 1 amide bonds. The highest BCUT2D eigenvalue weighted by molar-refractivity contribution is 5.91. The maximum atomic E-state index is 11.7. The van der Waals surface area contributed by atoms with Crippen LogP contribution >= 0.6 is 0 Å². The molecule has 0 saturated heterocycles. The van der Waals surface area contributed by atoms with Gasteiger partial charge in [-0.1, -0.05) is 12.1 Å². The van der Waals surface area contributed by atoms with Crippen LogP contribution in [-0.4, -0.2) is 17.9 Å². The van der Waals surface area contributed by atoms with Crippen molar-refractivity contribution in [3.8, 4) is 5.75 Å². The summed E-state index contributed by atoms with van der Waals surface area (Å²) in [5, 5.41) is 13.1. The van der Waals surface area contributed by atoms with E-state index in [0.29, 0.717) is 0 Å². The Morgan fingerprint density at radius 3 is 2.55 bits per heavy atom. The summed E-state index contributed by atoms with van der Waals surface area (Å²) in [6.07, 6.45) is 0. The SMILES string of the molecule is COc1ccc(CNC(=O)c2ccc([N+](=O)[O-])o2)cc1. The number of rotatable bonds is 5. The Morgan fingerprint density at radius 1 is 1.30 bits per heavy atom. The molecule has 0 atom stereocenters. The average molecular weight is 276 g/mol. The number of ether oxygens (including phenoxy) is 1. The fourth-order valence-corrected chi connectivity index (χ4v) is 1.56. The number of carbonyl (C=O) groups excluding carboxylic acids is 1. The molecule has 1 N–H and O–H groups in total. The molecule has 0 aliphatic carbocycles. The molecule has 0 unspecified atom stereocenters. The van der Waals surface area contributed by atoms with Crippen molar-refractivity contribution in [1.29, 1.82) is 0 Å². The van der Waals surface area contributed by atoms with E-state index in [0.717, 1.165) is 17.4 Å². The first-order valence-electron chi connectivity index (χ1n) is 5.75. The minimum Gasteiger partial charge on any atom is -0.497 e. The molecule has 0 aliphatic rings. The van der Waals surface area contributed by atoms with Gasteiger partial charge in [0.2, 0.25) is 0 Å². The van der Waals surface area contributed by atoms with E-state index in [2.05, 4.69) is 5.32 Å². The van der Waals surface area contributed by atoms with Gasteiger partial charge in [0.25, 0.3) is 5.91 Å². The number of carbonyl (C=O) groups is 1. The number of amides is 1. The molecule has 0 saturated carbocycles. The fraction of sp³-hybridized carbons (Fsp3) is 0.154. The summed E-state index contributed by atoms with van der Waals surface area (Å²) in [6.45, 7) is 0.289. The van der Waals surface area contributed by atoms with Crippen LogP contribution in [0, 0.1) is 10.1 Å². The van der Waals surface area contributed by atoms with Crippen LogP contribution in [0.1, 0.15) is 16.1 Å². The monoisotopic (exact) mass is 276 g/mol. The molecule has 1 aromatic heterocycles. The van der Waals surface area contributed by atoms with Gasteiger partial charge < -0.3 is 14.5 Å². The fourth-order valence-electron chi connectivity index (χ4n) is 1.56. The van der Waals surface area contributed by atoms with E-state index in [-0.39, 0.29) is 12.3 Å². The van der Waals surface area contributed by atoms with Gasteiger partial charge in [0.1, 0.15) is 10.7 Å². The number of nitrogens with one attached hydrogen (secondary N) is 1. The average Bonchev–Trinajstić information content (AvgIpc) is 2.95. The Hall–Kier alpha value is -2.83. The molecular weight excluding hydrogens is 264 g/mol. The predicted molar refractivity (Wildman–Crippen MR) is 69.5 cm³/mol. The Balaban J connectivity index is 1.95. The van der Waals surface area contributed by atoms with E-state index in [1.165, 1.54) is 6.07 Å². The van der Waals surface area contributed by atoms with Crippen molar-refractivity contribution >= 4 is 11.8 Å². The first-order chi connectivity index (χ1) is 9.60. The van der Waals surface area contributed by atoms with Gasteiger partial charge in [0, 0.05) is 6.54 Å². The maximum Gasteiger partial charge on any atom is 0.433 e. The predicted octanol–water partition coefficient (Wildman–Crippen LogP) is 2.13. The Bertz CT molecular complexity index is 618. The van der Waals surface area contributed by atoms with Crippen molar-refractivity contribution in [2.75, 3.05) is 7.11 Å². The van der Waals surface area contributed by atoms with Crippen molar-refractivity contribution in [3.63, 3.8) is 0 Å². The molecule has 0 spiro atoms. The molecule has 1 aromatic carbocycles. The Morgan fingerprint density at radius 2 is 2.00 bits per heavy atom. The summed E-state index contributed by atoms with van der Waals surface area (Å²) in [6, 6.07) is 9.58. The summed E-state index contributed by atoms with van der Waals surface area (Å²) < 4.78 is 9.82. The molecule has 7 nitrogen and oxygen atoms in total. The molecule has 2 aromatic rings. The van der Waals surface area contributed by atoms with Gasteiger partial charge in [-0.2, -0.15) is 0 Å². The third-order valence-corrected chi connectivity index (χ3v) is 2.61. The van der Waals surface area contributed by atoms with Gasteiger partial charge in [0.05, 0.1) is 13.2 Å². The number of benzene rings is 1.